The first kappa shape index (κ1) is 10.8. The Morgan fingerprint density at radius 1 is 1.41 bits per heavy atom. The number of benzene rings is 1. The summed E-state index contributed by atoms with van der Waals surface area (Å²) in [6.45, 7) is 2.23. The SMILES string of the molecule is CNC(c1cc2cccc(F)c2o1)C1(C)CC1. The van der Waals surface area contributed by atoms with Gasteiger partial charge in [0, 0.05) is 5.39 Å². The van der Waals surface area contributed by atoms with Gasteiger partial charge in [0.25, 0.3) is 0 Å². The number of nitrogens with one attached hydrogen (secondary N) is 1. The Morgan fingerprint density at radius 3 is 2.76 bits per heavy atom. The van der Waals surface area contributed by atoms with Gasteiger partial charge in [-0.2, -0.15) is 0 Å². The van der Waals surface area contributed by atoms with Crippen LogP contribution in [0.2, 0.25) is 0 Å². The zero-order valence-electron chi connectivity index (χ0n) is 10.1. The fourth-order valence-electron chi connectivity index (χ4n) is 2.51. The van der Waals surface area contributed by atoms with Crippen LogP contribution in [-0.2, 0) is 0 Å². The van der Waals surface area contributed by atoms with Crippen molar-refractivity contribution < 1.29 is 8.81 Å². The number of rotatable bonds is 3. The van der Waals surface area contributed by atoms with Crippen molar-refractivity contribution in [1.82, 2.24) is 5.32 Å². The molecule has 2 aromatic rings. The van der Waals surface area contributed by atoms with E-state index in [4.69, 9.17) is 4.42 Å². The van der Waals surface area contributed by atoms with Gasteiger partial charge in [0.2, 0.25) is 0 Å². The molecule has 0 spiro atoms. The van der Waals surface area contributed by atoms with E-state index in [9.17, 15) is 4.39 Å². The monoisotopic (exact) mass is 233 g/mol. The highest BCUT2D eigenvalue weighted by Gasteiger charge is 2.46. The predicted molar refractivity (Wildman–Crippen MR) is 65.3 cm³/mol. The third-order valence-corrected chi connectivity index (χ3v) is 3.82. The second-order valence-electron chi connectivity index (χ2n) is 5.18. The van der Waals surface area contributed by atoms with E-state index in [1.165, 1.54) is 18.9 Å². The lowest BCUT2D eigenvalue weighted by atomic mass is 9.96. The summed E-state index contributed by atoms with van der Waals surface area (Å²) in [6.07, 6.45) is 2.38. The molecule has 0 aliphatic heterocycles. The average molecular weight is 233 g/mol. The van der Waals surface area contributed by atoms with Crippen LogP contribution in [0.15, 0.2) is 28.7 Å². The summed E-state index contributed by atoms with van der Waals surface area (Å²) in [5, 5.41) is 4.12. The maximum absolute atomic E-state index is 13.6. The summed E-state index contributed by atoms with van der Waals surface area (Å²) in [6, 6.07) is 7.15. The molecule has 1 heterocycles. The normalized spacial score (nSPS) is 19.5. The molecular weight excluding hydrogens is 217 g/mol. The van der Waals surface area contributed by atoms with Crippen LogP contribution < -0.4 is 5.32 Å². The van der Waals surface area contributed by atoms with E-state index >= 15 is 0 Å². The minimum absolute atomic E-state index is 0.175. The van der Waals surface area contributed by atoms with Crippen LogP contribution in [0.5, 0.6) is 0 Å². The first-order chi connectivity index (χ1) is 8.14. The Kier molecular flexibility index (Phi) is 2.26. The molecule has 1 fully saturated rings. The maximum atomic E-state index is 13.6. The third kappa shape index (κ3) is 1.65. The average Bonchev–Trinajstić information content (AvgIpc) is 2.89. The van der Waals surface area contributed by atoms with Crippen LogP contribution in [0.25, 0.3) is 11.0 Å². The Balaban J connectivity index is 2.08. The van der Waals surface area contributed by atoms with Crippen molar-refractivity contribution in [2.45, 2.75) is 25.8 Å². The number of fused-ring (bicyclic) bond motifs is 1. The first-order valence-corrected chi connectivity index (χ1v) is 5.99. The summed E-state index contributed by atoms with van der Waals surface area (Å²) in [5.41, 5.74) is 0.631. The number of para-hydroxylation sites is 1. The predicted octanol–water partition coefficient (Wildman–Crippen LogP) is 3.63. The van der Waals surface area contributed by atoms with Gasteiger partial charge in [-0.3, -0.25) is 0 Å². The van der Waals surface area contributed by atoms with E-state index in [1.807, 2.05) is 19.2 Å². The smallest absolute Gasteiger partial charge is 0.169 e. The fraction of sp³-hybridized carbons (Fsp3) is 0.429. The lowest BCUT2D eigenvalue weighted by Crippen LogP contribution is -2.23. The quantitative estimate of drug-likeness (QED) is 0.875. The van der Waals surface area contributed by atoms with Crippen LogP contribution in [0.1, 0.15) is 31.6 Å². The van der Waals surface area contributed by atoms with Crippen LogP contribution in [0.3, 0.4) is 0 Å². The molecule has 0 amide bonds. The molecule has 0 bridgehead atoms. The molecule has 1 unspecified atom stereocenters. The zero-order chi connectivity index (χ0) is 12.0. The van der Waals surface area contributed by atoms with Crippen LogP contribution in [-0.4, -0.2) is 7.05 Å². The standard InChI is InChI=1S/C14H16FNO/c1-14(6-7-14)13(16-2)11-8-9-4-3-5-10(15)12(9)17-11/h3-5,8,13,16H,6-7H2,1-2H3. The van der Waals surface area contributed by atoms with Crippen molar-refractivity contribution in [3.8, 4) is 0 Å². The van der Waals surface area contributed by atoms with Crippen molar-refractivity contribution in [3.63, 3.8) is 0 Å². The lowest BCUT2D eigenvalue weighted by Gasteiger charge is -2.20. The largest absolute Gasteiger partial charge is 0.456 e. The van der Waals surface area contributed by atoms with E-state index in [2.05, 4.69) is 12.2 Å². The number of hydrogen-bond acceptors (Lipinski definition) is 2. The Hall–Kier alpha value is -1.35. The number of furan rings is 1. The van der Waals surface area contributed by atoms with Gasteiger partial charge >= 0.3 is 0 Å². The molecule has 1 aromatic carbocycles. The van der Waals surface area contributed by atoms with Gasteiger partial charge in [0.05, 0.1) is 6.04 Å². The number of halogens is 1. The van der Waals surface area contributed by atoms with E-state index in [0.717, 1.165) is 11.1 Å². The molecule has 0 radical (unpaired) electrons. The third-order valence-electron chi connectivity index (χ3n) is 3.82. The van der Waals surface area contributed by atoms with E-state index < -0.39 is 0 Å². The molecule has 0 saturated heterocycles. The van der Waals surface area contributed by atoms with E-state index in [0.29, 0.717) is 5.58 Å². The Bertz CT molecular complexity index is 556. The highest BCUT2D eigenvalue weighted by atomic mass is 19.1. The number of hydrogen-bond donors (Lipinski definition) is 1. The van der Waals surface area contributed by atoms with Gasteiger partial charge in [0.15, 0.2) is 11.4 Å². The Morgan fingerprint density at radius 2 is 2.18 bits per heavy atom. The van der Waals surface area contributed by atoms with Crippen LogP contribution in [0, 0.1) is 11.2 Å². The van der Waals surface area contributed by atoms with Gasteiger partial charge in [0.1, 0.15) is 5.76 Å². The molecule has 1 atom stereocenters. The molecule has 1 aliphatic carbocycles. The molecule has 3 heteroatoms. The second-order valence-corrected chi connectivity index (χ2v) is 5.18. The molecule has 90 valence electrons. The van der Waals surface area contributed by atoms with Crippen molar-refractivity contribution >= 4 is 11.0 Å². The van der Waals surface area contributed by atoms with Gasteiger partial charge in [-0.1, -0.05) is 19.1 Å². The molecule has 1 N–H and O–H groups in total. The summed E-state index contributed by atoms with van der Waals surface area (Å²) in [7, 11) is 1.93. The molecule has 1 aromatic heterocycles. The highest BCUT2D eigenvalue weighted by molar-refractivity contribution is 5.78. The summed E-state index contributed by atoms with van der Waals surface area (Å²) >= 11 is 0. The fourth-order valence-corrected chi connectivity index (χ4v) is 2.51. The molecule has 1 aliphatic rings. The maximum Gasteiger partial charge on any atom is 0.169 e. The van der Waals surface area contributed by atoms with E-state index in [-0.39, 0.29) is 17.3 Å². The first-order valence-electron chi connectivity index (χ1n) is 5.99. The topological polar surface area (TPSA) is 25.2 Å². The molecule has 17 heavy (non-hydrogen) atoms. The van der Waals surface area contributed by atoms with Crippen molar-refractivity contribution in [3.05, 3.63) is 35.8 Å². The van der Waals surface area contributed by atoms with Crippen molar-refractivity contribution in [2.75, 3.05) is 7.05 Å². The van der Waals surface area contributed by atoms with Crippen molar-refractivity contribution in [2.24, 2.45) is 5.41 Å². The van der Waals surface area contributed by atoms with Crippen molar-refractivity contribution in [1.29, 1.82) is 0 Å². The van der Waals surface area contributed by atoms with E-state index in [1.54, 1.807) is 6.07 Å². The minimum atomic E-state index is -0.287. The van der Waals surface area contributed by atoms with Gasteiger partial charge in [-0.05, 0) is 37.4 Å². The highest BCUT2D eigenvalue weighted by Crippen LogP contribution is 2.54. The zero-order valence-corrected chi connectivity index (χ0v) is 10.1. The van der Waals surface area contributed by atoms with Gasteiger partial charge in [-0.15, -0.1) is 0 Å². The van der Waals surface area contributed by atoms with Crippen LogP contribution >= 0.6 is 0 Å². The molecule has 3 rings (SSSR count). The molecular formula is C14H16FNO. The summed E-state index contributed by atoms with van der Waals surface area (Å²) in [4.78, 5) is 0. The second kappa shape index (κ2) is 3.57. The van der Waals surface area contributed by atoms with Crippen LogP contribution in [0.4, 0.5) is 4.39 Å². The molecule has 1 saturated carbocycles. The summed E-state index contributed by atoms with van der Waals surface area (Å²) in [5.74, 6) is 0.553. The molecule has 2 nitrogen and oxygen atoms in total. The Labute approximate surface area is 99.8 Å². The summed E-state index contributed by atoms with van der Waals surface area (Å²) < 4.78 is 19.2. The van der Waals surface area contributed by atoms with Gasteiger partial charge in [-0.25, -0.2) is 4.39 Å². The minimum Gasteiger partial charge on any atom is -0.456 e. The van der Waals surface area contributed by atoms with Gasteiger partial charge < -0.3 is 9.73 Å². The lowest BCUT2D eigenvalue weighted by molar-refractivity contribution is 0.331.